The number of carboxylic acid groups (broad SMARTS) is 1. The van der Waals surface area contributed by atoms with Gasteiger partial charge in [0.15, 0.2) is 5.58 Å². The zero-order valence-electron chi connectivity index (χ0n) is 23.4. The summed E-state index contributed by atoms with van der Waals surface area (Å²) in [5.41, 5.74) is 4.66. The van der Waals surface area contributed by atoms with Crippen LogP contribution in [0.15, 0.2) is 83.4 Å². The average molecular weight is 603 g/mol. The minimum Gasteiger partial charge on any atom is -0.477 e. The number of carboxylic acids is 1. The molecule has 42 heavy (non-hydrogen) atoms. The van der Waals surface area contributed by atoms with Gasteiger partial charge in [-0.2, -0.15) is 0 Å². The summed E-state index contributed by atoms with van der Waals surface area (Å²) in [6.07, 6.45) is 3.32. The van der Waals surface area contributed by atoms with Gasteiger partial charge in [0.05, 0.1) is 11.0 Å². The van der Waals surface area contributed by atoms with Crippen LogP contribution >= 0.6 is 18.9 Å². The number of rotatable bonds is 9. The number of thiophene rings is 1. The number of nitrogens with zero attached hydrogens (tertiary/aromatic N) is 2. The smallest absolute Gasteiger partial charge is 0.348 e. The van der Waals surface area contributed by atoms with E-state index < -0.39 is 13.5 Å². The molecule has 1 atom stereocenters. The largest absolute Gasteiger partial charge is 0.477 e. The van der Waals surface area contributed by atoms with Crippen LogP contribution in [0.4, 0.5) is 5.69 Å². The predicted molar refractivity (Wildman–Crippen MR) is 166 cm³/mol. The van der Waals surface area contributed by atoms with Crippen molar-refractivity contribution in [1.29, 1.82) is 0 Å². The Labute approximate surface area is 248 Å². The lowest BCUT2D eigenvalue weighted by Gasteiger charge is -2.36. The molecule has 0 saturated carbocycles. The number of anilines is 1. The molecular weight excluding hydrogens is 571 g/mol. The van der Waals surface area contributed by atoms with Gasteiger partial charge in [-0.25, -0.2) is 4.79 Å². The third kappa shape index (κ3) is 5.53. The topological polar surface area (TPSA) is 102 Å². The van der Waals surface area contributed by atoms with Gasteiger partial charge in [-0.3, -0.25) is 14.2 Å². The van der Waals surface area contributed by atoms with Crippen LogP contribution in [0, 0.1) is 12.8 Å². The molecule has 6 rings (SSSR count). The molecule has 1 fully saturated rings. The van der Waals surface area contributed by atoms with E-state index in [0.717, 1.165) is 51.3 Å². The van der Waals surface area contributed by atoms with Gasteiger partial charge < -0.3 is 18.8 Å². The second-order valence-corrected chi connectivity index (χ2v) is 13.8. The lowest BCUT2D eigenvalue weighted by molar-refractivity contribution is 0.0683. The number of ether oxygens (including phenoxy) is 1. The quantitative estimate of drug-likeness (QED) is 0.172. The summed E-state index contributed by atoms with van der Waals surface area (Å²) in [5.74, 6) is -0.193. The number of hydrogen-bond donors (Lipinski definition) is 1. The lowest BCUT2D eigenvalue weighted by Crippen LogP contribution is -2.34. The minimum absolute atomic E-state index is 0.119. The van der Waals surface area contributed by atoms with Gasteiger partial charge in [-0.05, 0) is 61.6 Å². The second-order valence-electron chi connectivity index (χ2n) is 10.4. The molecule has 216 valence electrons. The monoisotopic (exact) mass is 602 g/mol. The fraction of sp³-hybridized carbons (Fsp3) is 0.250. The lowest BCUT2D eigenvalue weighted by atomic mass is 10.0. The van der Waals surface area contributed by atoms with Gasteiger partial charge in [-0.1, -0.05) is 42.0 Å². The van der Waals surface area contributed by atoms with Crippen LogP contribution in [0.25, 0.3) is 32.9 Å². The first kappa shape index (κ1) is 28.4. The summed E-state index contributed by atoms with van der Waals surface area (Å²) in [6, 6.07) is 22.6. The number of aromatic carboxylic acids is 1. The maximum atomic E-state index is 14.7. The minimum atomic E-state index is -3.66. The highest BCUT2D eigenvalue weighted by Gasteiger charge is 2.38. The molecule has 10 heteroatoms. The third-order valence-corrected chi connectivity index (χ3v) is 11.2. The molecule has 0 aliphatic carbocycles. The van der Waals surface area contributed by atoms with E-state index in [-0.39, 0.29) is 10.8 Å². The zero-order chi connectivity index (χ0) is 29.3. The highest BCUT2D eigenvalue weighted by atomic mass is 32.1. The zero-order valence-corrected chi connectivity index (χ0v) is 25.1. The van der Waals surface area contributed by atoms with E-state index in [0.29, 0.717) is 42.1 Å². The Morgan fingerprint density at radius 1 is 1.07 bits per heavy atom. The molecule has 0 bridgehead atoms. The SMILES string of the molecule is COP(=O)(c1ccc(C)cc1)N(CC1CCOCC1)c1cc(-c2ccc(-c3cc4ncccc4o3)cc2)sc1C(=O)O. The first-order valence-electron chi connectivity index (χ1n) is 13.8. The summed E-state index contributed by atoms with van der Waals surface area (Å²) in [5, 5.41) is 10.8. The number of carbonyl (C=O) groups is 1. The number of pyridine rings is 1. The van der Waals surface area contributed by atoms with Crippen LogP contribution in [0.3, 0.4) is 0 Å². The number of aromatic nitrogens is 1. The molecule has 3 aromatic heterocycles. The number of hydrogen-bond acceptors (Lipinski definition) is 7. The van der Waals surface area contributed by atoms with E-state index in [2.05, 4.69) is 4.98 Å². The van der Waals surface area contributed by atoms with Crippen molar-refractivity contribution >= 4 is 46.9 Å². The van der Waals surface area contributed by atoms with Crippen molar-refractivity contribution in [3.05, 3.63) is 89.4 Å². The standard InChI is InChI=1S/C32H31N2O6PS/c1-21-5-11-25(12-6-21)41(37,38-2)34(20-22-13-16-39-17-14-22)27-19-30(42-31(27)32(35)36)24-9-7-23(8-10-24)29-18-26-28(40-29)4-3-15-33-26/h3-12,15,18-19,22H,13-14,16-17,20H2,1-2H3,(H,35,36). The maximum absolute atomic E-state index is 14.7. The van der Waals surface area contributed by atoms with Gasteiger partial charge in [0.2, 0.25) is 0 Å². The normalized spacial score (nSPS) is 15.5. The Bertz CT molecular complexity index is 1720. The summed E-state index contributed by atoms with van der Waals surface area (Å²) in [6.45, 7) is 3.59. The van der Waals surface area contributed by atoms with Crippen molar-refractivity contribution in [1.82, 2.24) is 4.98 Å². The van der Waals surface area contributed by atoms with E-state index in [1.807, 2.05) is 67.6 Å². The van der Waals surface area contributed by atoms with Crippen molar-refractivity contribution < 1.29 is 28.1 Å². The van der Waals surface area contributed by atoms with Crippen molar-refractivity contribution in [2.75, 3.05) is 31.5 Å². The molecule has 1 aliphatic heterocycles. The number of furan rings is 1. The molecular formula is C32H31N2O6PS. The Morgan fingerprint density at radius 2 is 1.79 bits per heavy atom. The summed E-state index contributed by atoms with van der Waals surface area (Å²) >= 11 is 1.16. The fourth-order valence-electron chi connectivity index (χ4n) is 5.28. The van der Waals surface area contributed by atoms with Crippen LogP contribution in [0.5, 0.6) is 0 Å². The number of fused-ring (bicyclic) bond motifs is 1. The molecule has 8 nitrogen and oxygen atoms in total. The molecule has 0 spiro atoms. The predicted octanol–water partition coefficient (Wildman–Crippen LogP) is 7.63. The molecule has 1 aliphatic rings. The molecule has 4 heterocycles. The van der Waals surface area contributed by atoms with Crippen molar-refractivity contribution in [2.24, 2.45) is 5.92 Å². The summed E-state index contributed by atoms with van der Waals surface area (Å²) < 4.78 is 33.8. The average Bonchev–Trinajstić information content (AvgIpc) is 3.66. The van der Waals surface area contributed by atoms with Gasteiger partial charge in [0, 0.05) is 49.6 Å². The molecule has 0 amide bonds. The summed E-state index contributed by atoms with van der Waals surface area (Å²) in [7, 11) is -2.23. The Hall–Kier alpha value is -3.75. The number of benzene rings is 2. The first-order valence-corrected chi connectivity index (χ1v) is 16.2. The van der Waals surface area contributed by atoms with E-state index in [1.165, 1.54) is 7.11 Å². The van der Waals surface area contributed by atoms with Crippen LogP contribution < -0.4 is 9.97 Å². The third-order valence-electron chi connectivity index (χ3n) is 7.62. The van der Waals surface area contributed by atoms with E-state index in [4.69, 9.17) is 13.7 Å². The highest BCUT2D eigenvalue weighted by Crippen LogP contribution is 2.55. The van der Waals surface area contributed by atoms with E-state index >= 15 is 0 Å². The van der Waals surface area contributed by atoms with Crippen molar-refractivity contribution in [3.63, 3.8) is 0 Å². The van der Waals surface area contributed by atoms with Gasteiger partial charge in [0.1, 0.15) is 16.2 Å². The molecule has 1 N–H and O–H groups in total. The fourth-order valence-corrected chi connectivity index (χ4v) is 8.45. The highest BCUT2D eigenvalue weighted by molar-refractivity contribution is 7.68. The molecule has 1 unspecified atom stereocenters. The Balaban J connectivity index is 1.40. The Kier molecular flexibility index (Phi) is 8.01. The number of aryl methyl sites for hydroxylation is 1. The molecule has 5 aromatic rings. The van der Waals surface area contributed by atoms with Crippen molar-refractivity contribution in [3.8, 4) is 21.8 Å². The van der Waals surface area contributed by atoms with Gasteiger partial charge >= 0.3 is 13.5 Å². The second kappa shape index (κ2) is 11.9. The summed E-state index contributed by atoms with van der Waals surface area (Å²) in [4.78, 5) is 17.8. The van der Waals surface area contributed by atoms with Crippen molar-refractivity contribution in [2.45, 2.75) is 19.8 Å². The van der Waals surface area contributed by atoms with Crippen LogP contribution in [0.1, 0.15) is 28.1 Å². The Morgan fingerprint density at radius 3 is 2.45 bits per heavy atom. The van der Waals surface area contributed by atoms with E-state index in [1.54, 1.807) is 23.0 Å². The van der Waals surface area contributed by atoms with Crippen LogP contribution in [-0.2, 0) is 13.8 Å². The van der Waals surface area contributed by atoms with E-state index in [9.17, 15) is 14.5 Å². The van der Waals surface area contributed by atoms with Crippen LogP contribution in [0.2, 0.25) is 0 Å². The maximum Gasteiger partial charge on any atom is 0.348 e. The van der Waals surface area contributed by atoms with Crippen LogP contribution in [-0.4, -0.2) is 42.9 Å². The molecule has 1 saturated heterocycles. The first-order chi connectivity index (χ1) is 20.4. The molecule has 2 aromatic carbocycles. The molecule has 0 radical (unpaired) electrons. The van der Waals surface area contributed by atoms with Gasteiger partial charge in [0.25, 0.3) is 0 Å². The van der Waals surface area contributed by atoms with Gasteiger partial charge in [-0.15, -0.1) is 11.3 Å².